The molecule has 1 aliphatic heterocycles. The van der Waals surface area contributed by atoms with E-state index in [1.807, 2.05) is 39.0 Å². The Morgan fingerprint density at radius 3 is 2.52 bits per heavy atom. The third-order valence-electron chi connectivity index (χ3n) is 4.30. The van der Waals surface area contributed by atoms with Crippen LogP contribution >= 0.6 is 0 Å². The second-order valence-electron chi connectivity index (χ2n) is 7.78. The lowest BCUT2D eigenvalue weighted by molar-refractivity contribution is -0.156. The molecule has 1 N–H and O–H groups in total. The first kappa shape index (κ1) is 21.2. The van der Waals surface area contributed by atoms with Crippen molar-refractivity contribution in [3.8, 4) is 5.75 Å². The maximum Gasteiger partial charge on any atom is 0.344 e. The van der Waals surface area contributed by atoms with Crippen molar-refractivity contribution in [2.45, 2.75) is 51.7 Å². The summed E-state index contributed by atoms with van der Waals surface area (Å²) in [6, 6.07) is 7.01. The molecule has 2 rings (SSSR count). The monoisotopic (exact) mass is 397 g/mol. The van der Waals surface area contributed by atoms with Crippen molar-refractivity contribution < 1.29 is 27.5 Å². The Balaban J connectivity index is 1.84. The van der Waals surface area contributed by atoms with Crippen LogP contribution in [0.15, 0.2) is 24.3 Å². The van der Waals surface area contributed by atoms with Crippen molar-refractivity contribution in [2.24, 2.45) is 0 Å². The first-order chi connectivity index (χ1) is 12.5. The molecule has 1 aliphatic rings. The van der Waals surface area contributed by atoms with Crippen LogP contribution in [0, 0.1) is 0 Å². The predicted molar refractivity (Wildman–Crippen MR) is 101 cm³/mol. The van der Waals surface area contributed by atoms with E-state index in [1.165, 1.54) is 6.92 Å². The standard InChI is InChI=1S/C19H27NO6S/c1-13(18(22)20-14-9-10-27(23,24)12-14)26-17(21)11-25-16-8-6-5-7-15(16)19(2,3)4/h5-8,13-14H,9-12H2,1-4H3,(H,20,22)/t13-,14+/m0/s1. The van der Waals surface area contributed by atoms with Crippen LogP contribution in [0.3, 0.4) is 0 Å². The van der Waals surface area contributed by atoms with Crippen LogP contribution in [0.1, 0.15) is 39.7 Å². The van der Waals surface area contributed by atoms with E-state index in [0.717, 1.165) is 5.56 Å². The van der Waals surface area contributed by atoms with E-state index < -0.39 is 33.9 Å². The van der Waals surface area contributed by atoms with Gasteiger partial charge in [0, 0.05) is 6.04 Å². The van der Waals surface area contributed by atoms with E-state index in [1.54, 1.807) is 6.07 Å². The molecular weight excluding hydrogens is 370 g/mol. The van der Waals surface area contributed by atoms with Crippen LogP contribution < -0.4 is 10.1 Å². The first-order valence-corrected chi connectivity index (χ1v) is 10.7. The summed E-state index contributed by atoms with van der Waals surface area (Å²) in [4.78, 5) is 24.1. The fourth-order valence-electron chi connectivity index (χ4n) is 2.86. The normalized spacial score (nSPS) is 19.9. The molecule has 27 heavy (non-hydrogen) atoms. The minimum Gasteiger partial charge on any atom is -0.482 e. The molecule has 150 valence electrons. The predicted octanol–water partition coefficient (Wildman–Crippen LogP) is 1.60. The van der Waals surface area contributed by atoms with Crippen molar-refractivity contribution in [1.29, 1.82) is 0 Å². The molecule has 0 saturated carbocycles. The molecule has 1 aromatic carbocycles. The highest BCUT2D eigenvalue weighted by Crippen LogP contribution is 2.30. The van der Waals surface area contributed by atoms with Crippen LogP contribution in [-0.2, 0) is 29.6 Å². The largest absolute Gasteiger partial charge is 0.482 e. The smallest absolute Gasteiger partial charge is 0.344 e. The number of nitrogens with one attached hydrogen (secondary N) is 1. The van der Waals surface area contributed by atoms with Gasteiger partial charge in [-0.15, -0.1) is 0 Å². The molecular formula is C19H27NO6S. The molecule has 1 saturated heterocycles. The van der Waals surface area contributed by atoms with E-state index >= 15 is 0 Å². The molecule has 1 heterocycles. The van der Waals surface area contributed by atoms with Gasteiger partial charge in [-0.3, -0.25) is 4.79 Å². The third kappa shape index (κ3) is 6.23. The van der Waals surface area contributed by atoms with E-state index in [0.29, 0.717) is 12.2 Å². The lowest BCUT2D eigenvalue weighted by Gasteiger charge is -2.22. The number of ether oxygens (including phenoxy) is 2. The Labute approximate surface area is 160 Å². The van der Waals surface area contributed by atoms with Gasteiger partial charge in [0.15, 0.2) is 22.5 Å². The van der Waals surface area contributed by atoms with Crippen LogP contribution in [0.2, 0.25) is 0 Å². The zero-order valence-electron chi connectivity index (χ0n) is 16.2. The third-order valence-corrected chi connectivity index (χ3v) is 6.06. The van der Waals surface area contributed by atoms with Gasteiger partial charge in [-0.25, -0.2) is 13.2 Å². The lowest BCUT2D eigenvalue weighted by atomic mass is 9.86. The van der Waals surface area contributed by atoms with Gasteiger partial charge in [-0.1, -0.05) is 39.0 Å². The van der Waals surface area contributed by atoms with Crippen molar-refractivity contribution in [3.05, 3.63) is 29.8 Å². The van der Waals surface area contributed by atoms with Gasteiger partial charge < -0.3 is 14.8 Å². The maximum atomic E-state index is 12.1. The Morgan fingerprint density at radius 2 is 1.93 bits per heavy atom. The summed E-state index contributed by atoms with van der Waals surface area (Å²) in [6.07, 6.45) is -0.649. The number of esters is 1. The Hall–Kier alpha value is -2.09. The van der Waals surface area contributed by atoms with Crippen molar-refractivity contribution in [2.75, 3.05) is 18.1 Å². The molecule has 8 heteroatoms. The molecule has 1 amide bonds. The van der Waals surface area contributed by atoms with Gasteiger partial charge in [0.1, 0.15) is 5.75 Å². The highest BCUT2D eigenvalue weighted by molar-refractivity contribution is 7.91. The van der Waals surface area contributed by atoms with Gasteiger partial charge in [0.2, 0.25) is 0 Å². The molecule has 0 bridgehead atoms. The van der Waals surface area contributed by atoms with Gasteiger partial charge in [-0.05, 0) is 30.4 Å². The summed E-state index contributed by atoms with van der Waals surface area (Å²) in [5, 5.41) is 2.61. The topological polar surface area (TPSA) is 98.8 Å². The molecule has 0 unspecified atom stereocenters. The SMILES string of the molecule is C[C@H](OC(=O)COc1ccccc1C(C)(C)C)C(=O)N[C@@H]1CCS(=O)(=O)C1. The van der Waals surface area contributed by atoms with E-state index in [2.05, 4.69) is 5.32 Å². The second-order valence-corrected chi connectivity index (χ2v) is 10.0. The molecule has 0 radical (unpaired) electrons. The molecule has 2 atom stereocenters. The average Bonchev–Trinajstić information content (AvgIpc) is 2.90. The van der Waals surface area contributed by atoms with Crippen LogP contribution in [0.5, 0.6) is 5.75 Å². The number of hydrogen-bond donors (Lipinski definition) is 1. The van der Waals surface area contributed by atoms with Crippen molar-refractivity contribution >= 4 is 21.7 Å². The molecule has 0 aliphatic carbocycles. The highest BCUT2D eigenvalue weighted by atomic mass is 32.2. The summed E-state index contributed by atoms with van der Waals surface area (Å²) in [5.74, 6) is -0.602. The fourth-order valence-corrected chi connectivity index (χ4v) is 4.53. The maximum absolute atomic E-state index is 12.1. The number of hydrogen-bond acceptors (Lipinski definition) is 6. The number of para-hydroxylation sites is 1. The van der Waals surface area contributed by atoms with Crippen molar-refractivity contribution in [3.63, 3.8) is 0 Å². The van der Waals surface area contributed by atoms with Gasteiger partial charge in [0.05, 0.1) is 11.5 Å². The number of sulfone groups is 1. The Morgan fingerprint density at radius 1 is 1.26 bits per heavy atom. The Kier molecular flexibility index (Phi) is 6.51. The number of carbonyl (C=O) groups is 2. The zero-order valence-corrected chi connectivity index (χ0v) is 17.0. The molecule has 1 aromatic rings. The minimum atomic E-state index is -3.09. The quantitative estimate of drug-likeness (QED) is 0.732. The van der Waals surface area contributed by atoms with Crippen molar-refractivity contribution in [1.82, 2.24) is 5.32 Å². The Bertz CT molecular complexity index is 797. The number of carbonyl (C=O) groups excluding carboxylic acids is 2. The molecule has 7 nitrogen and oxygen atoms in total. The highest BCUT2D eigenvalue weighted by Gasteiger charge is 2.30. The number of rotatable bonds is 6. The van der Waals surface area contributed by atoms with E-state index in [9.17, 15) is 18.0 Å². The molecule has 1 fully saturated rings. The summed E-state index contributed by atoms with van der Waals surface area (Å²) in [5.41, 5.74) is 0.820. The van der Waals surface area contributed by atoms with Crippen LogP contribution in [-0.4, -0.2) is 50.6 Å². The van der Waals surface area contributed by atoms with Crippen LogP contribution in [0.4, 0.5) is 0 Å². The van der Waals surface area contributed by atoms with Crippen LogP contribution in [0.25, 0.3) is 0 Å². The average molecular weight is 397 g/mol. The second kappa shape index (κ2) is 8.29. The first-order valence-electron chi connectivity index (χ1n) is 8.90. The summed E-state index contributed by atoms with van der Waals surface area (Å²) in [6.45, 7) is 7.26. The van der Waals surface area contributed by atoms with E-state index in [-0.39, 0.29) is 23.5 Å². The summed E-state index contributed by atoms with van der Waals surface area (Å²) >= 11 is 0. The number of benzene rings is 1. The fraction of sp³-hybridized carbons (Fsp3) is 0.579. The summed E-state index contributed by atoms with van der Waals surface area (Å²) < 4.78 is 33.5. The summed E-state index contributed by atoms with van der Waals surface area (Å²) in [7, 11) is -3.09. The minimum absolute atomic E-state index is 0.0626. The molecule has 0 spiro atoms. The van der Waals surface area contributed by atoms with E-state index in [4.69, 9.17) is 9.47 Å². The van der Waals surface area contributed by atoms with Gasteiger partial charge >= 0.3 is 5.97 Å². The van der Waals surface area contributed by atoms with Gasteiger partial charge in [-0.2, -0.15) is 0 Å². The lowest BCUT2D eigenvalue weighted by Crippen LogP contribution is -2.43. The zero-order chi connectivity index (χ0) is 20.2. The van der Waals surface area contributed by atoms with Gasteiger partial charge in [0.25, 0.3) is 5.91 Å². The molecule has 0 aromatic heterocycles. The number of amides is 1.